The van der Waals surface area contributed by atoms with Gasteiger partial charge in [0, 0.05) is 68.9 Å². The smallest absolute Gasteiger partial charge is 0.255 e. The van der Waals surface area contributed by atoms with E-state index in [1.165, 1.54) is 35.9 Å². The van der Waals surface area contributed by atoms with Gasteiger partial charge in [0.1, 0.15) is 17.9 Å². The van der Waals surface area contributed by atoms with E-state index < -0.39 is 11.9 Å². The van der Waals surface area contributed by atoms with Crippen molar-refractivity contribution in [2.75, 3.05) is 26.8 Å². The van der Waals surface area contributed by atoms with Crippen molar-refractivity contribution in [1.29, 1.82) is 0 Å². The zero-order valence-electron chi connectivity index (χ0n) is 25.3. The molecule has 4 aliphatic rings. The molecule has 7 rings (SSSR count). The van der Waals surface area contributed by atoms with Gasteiger partial charge in [0.2, 0.25) is 11.8 Å². The highest BCUT2D eigenvalue weighted by atomic mass is 16.5. The lowest BCUT2D eigenvalue weighted by atomic mass is 9.80. The fourth-order valence-corrected chi connectivity index (χ4v) is 7.57. The fourth-order valence-electron chi connectivity index (χ4n) is 7.57. The second-order valence-electron chi connectivity index (χ2n) is 12.9. The molecule has 3 amide bonds. The summed E-state index contributed by atoms with van der Waals surface area (Å²) in [5.74, 6) is 1.05. The molecule has 1 N–H and O–H groups in total. The number of nitrogens with zero attached hydrogens (tertiary/aromatic N) is 3. The molecule has 3 fully saturated rings. The molecular weight excluding hydrogens is 556 g/mol. The number of methoxy groups -OCH3 is 1. The lowest BCUT2D eigenvalue weighted by molar-refractivity contribution is -0.136. The number of likely N-dealkylation sites (tertiary alicyclic amines) is 1. The number of hydrogen-bond acceptors (Lipinski definition) is 7. The van der Waals surface area contributed by atoms with Crippen LogP contribution in [-0.2, 0) is 27.4 Å². The quantitative estimate of drug-likeness (QED) is 0.380. The predicted molar refractivity (Wildman–Crippen MR) is 165 cm³/mol. The Labute approximate surface area is 257 Å². The summed E-state index contributed by atoms with van der Waals surface area (Å²) in [4.78, 5) is 46.0. The Morgan fingerprint density at radius 2 is 1.91 bits per heavy atom. The van der Waals surface area contributed by atoms with Crippen LogP contribution in [0.3, 0.4) is 0 Å². The number of fused-ring (bicyclic) bond motifs is 2. The van der Waals surface area contributed by atoms with Crippen LogP contribution in [0.2, 0.25) is 0 Å². The van der Waals surface area contributed by atoms with Crippen molar-refractivity contribution in [2.24, 2.45) is 5.92 Å². The zero-order chi connectivity index (χ0) is 30.2. The minimum absolute atomic E-state index is 0.0681. The third-order valence-corrected chi connectivity index (χ3v) is 9.81. The molecule has 4 atom stereocenters. The van der Waals surface area contributed by atoms with Gasteiger partial charge in [0.05, 0.1) is 5.52 Å². The summed E-state index contributed by atoms with van der Waals surface area (Å²) in [7, 11) is 1.80. The normalized spacial score (nSPS) is 25.8. The monoisotopic (exact) mass is 596 g/mol. The van der Waals surface area contributed by atoms with Crippen LogP contribution in [0.5, 0.6) is 5.75 Å². The van der Waals surface area contributed by atoms with Gasteiger partial charge in [-0.3, -0.25) is 29.6 Å². The van der Waals surface area contributed by atoms with E-state index in [-0.39, 0.29) is 24.3 Å². The van der Waals surface area contributed by atoms with Crippen molar-refractivity contribution < 1.29 is 23.9 Å². The SMILES string of the molecule is COC[C@H]1CCC[C@@H](c2ccc3cc(CN4CC[C@H](Oc5ccc6c(c5)CN(C5CCC(=O)NC5=O)C6=O)C4)ccc3n2)C1. The van der Waals surface area contributed by atoms with E-state index in [2.05, 4.69) is 40.5 Å². The van der Waals surface area contributed by atoms with Crippen LogP contribution in [0.4, 0.5) is 0 Å². The van der Waals surface area contributed by atoms with Gasteiger partial charge < -0.3 is 14.4 Å². The number of carbonyl (C=O) groups excluding carboxylic acids is 3. The summed E-state index contributed by atoms with van der Waals surface area (Å²) < 4.78 is 11.8. The molecule has 0 spiro atoms. The topological polar surface area (TPSA) is 101 Å². The maximum absolute atomic E-state index is 13.0. The van der Waals surface area contributed by atoms with Crippen molar-refractivity contribution in [1.82, 2.24) is 20.1 Å². The van der Waals surface area contributed by atoms with Crippen LogP contribution in [0.1, 0.15) is 78.0 Å². The van der Waals surface area contributed by atoms with Gasteiger partial charge in [0.25, 0.3) is 5.91 Å². The van der Waals surface area contributed by atoms with E-state index in [0.29, 0.717) is 30.4 Å². The Morgan fingerprint density at radius 3 is 2.77 bits per heavy atom. The van der Waals surface area contributed by atoms with Crippen molar-refractivity contribution in [3.63, 3.8) is 0 Å². The van der Waals surface area contributed by atoms with Gasteiger partial charge in [-0.25, -0.2) is 0 Å². The number of nitrogens with one attached hydrogen (secondary N) is 1. The average molecular weight is 597 g/mol. The van der Waals surface area contributed by atoms with Crippen molar-refractivity contribution >= 4 is 28.6 Å². The van der Waals surface area contributed by atoms with Gasteiger partial charge in [-0.15, -0.1) is 0 Å². The molecule has 3 aromatic rings. The first-order valence-corrected chi connectivity index (χ1v) is 16.0. The molecule has 2 saturated heterocycles. The molecule has 44 heavy (non-hydrogen) atoms. The molecule has 1 aromatic heterocycles. The number of piperidine rings is 1. The number of benzene rings is 2. The number of hydrogen-bond donors (Lipinski definition) is 1. The van der Waals surface area contributed by atoms with Gasteiger partial charge in [-0.2, -0.15) is 0 Å². The molecule has 9 heteroatoms. The first-order valence-electron chi connectivity index (χ1n) is 16.0. The highest BCUT2D eigenvalue weighted by Gasteiger charge is 2.39. The third-order valence-electron chi connectivity index (χ3n) is 9.81. The highest BCUT2D eigenvalue weighted by Crippen LogP contribution is 2.36. The van der Waals surface area contributed by atoms with E-state index in [1.54, 1.807) is 18.1 Å². The van der Waals surface area contributed by atoms with Gasteiger partial charge in [0.15, 0.2) is 0 Å². The highest BCUT2D eigenvalue weighted by molar-refractivity contribution is 6.05. The number of amides is 3. The van der Waals surface area contributed by atoms with Crippen LogP contribution in [-0.4, -0.2) is 71.5 Å². The number of aromatic nitrogens is 1. The molecule has 0 radical (unpaired) electrons. The summed E-state index contributed by atoms with van der Waals surface area (Å²) in [5.41, 5.74) is 5.01. The predicted octanol–water partition coefficient (Wildman–Crippen LogP) is 4.57. The molecule has 230 valence electrons. The number of imide groups is 1. The van der Waals surface area contributed by atoms with E-state index in [1.807, 2.05) is 12.1 Å². The van der Waals surface area contributed by atoms with Gasteiger partial charge >= 0.3 is 0 Å². The number of ether oxygens (including phenoxy) is 2. The Kier molecular flexibility index (Phi) is 8.08. The van der Waals surface area contributed by atoms with Gasteiger partial charge in [-0.05, 0) is 85.5 Å². The second kappa shape index (κ2) is 12.3. The van der Waals surface area contributed by atoms with Crippen LogP contribution in [0.15, 0.2) is 48.5 Å². The van der Waals surface area contributed by atoms with Gasteiger partial charge in [-0.1, -0.05) is 18.6 Å². The molecule has 1 saturated carbocycles. The summed E-state index contributed by atoms with van der Waals surface area (Å²) in [6.45, 7) is 3.84. The largest absolute Gasteiger partial charge is 0.489 e. The molecule has 1 aliphatic carbocycles. The maximum atomic E-state index is 13.0. The minimum Gasteiger partial charge on any atom is -0.489 e. The van der Waals surface area contributed by atoms with E-state index >= 15 is 0 Å². The molecular formula is C35H40N4O5. The lowest BCUT2D eigenvalue weighted by Gasteiger charge is -2.29. The standard InChI is InChI=1S/C35H40N4O5/c1-43-21-23-3-2-4-24(16-23)31-10-6-25-15-22(5-9-30(25)36-31)18-38-14-13-28(20-38)44-27-7-8-29-26(17-27)19-39(35(29)42)32-11-12-33(40)37-34(32)41/h5-10,15,17,23-24,28,32H,2-4,11-14,16,18-21H2,1H3,(H,37,40,41)/t23-,24+,28-,32?/m0/s1. The average Bonchev–Trinajstić information content (AvgIpc) is 3.60. The van der Waals surface area contributed by atoms with Crippen molar-refractivity contribution in [3.8, 4) is 5.75 Å². The summed E-state index contributed by atoms with van der Waals surface area (Å²) in [6, 6.07) is 16.1. The summed E-state index contributed by atoms with van der Waals surface area (Å²) in [6.07, 6.45) is 6.47. The van der Waals surface area contributed by atoms with Crippen LogP contribution in [0.25, 0.3) is 10.9 Å². The zero-order valence-corrected chi connectivity index (χ0v) is 25.3. The van der Waals surface area contributed by atoms with E-state index in [9.17, 15) is 14.4 Å². The van der Waals surface area contributed by atoms with Crippen molar-refractivity contribution in [3.05, 3.63) is 70.9 Å². The third kappa shape index (κ3) is 5.95. The van der Waals surface area contributed by atoms with E-state index in [4.69, 9.17) is 14.5 Å². The second-order valence-corrected chi connectivity index (χ2v) is 12.9. The lowest BCUT2D eigenvalue weighted by Crippen LogP contribution is -2.52. The van der Waals surface area contributed by atoms with Crippen LogP contribution in [0, 0.1) is 5.92 Å². The Bertz CT molecular complexity index is 1590. The first kappa shape index (κ1) is 28.9. The number of rotatable bonds is 8. The molecule has 9 nitrogen and oxygen atoms in total. The molecule has 2 aromatic carbocycles. The summed E-state index contributed by atoms with van der Waals surface area (Å²) >= 11 is 0. The number of pyridine rings is 1. The first-order chi connectivity index (χ1) is 21.4. The molecule has 3 aliphatic heterocycles. The Balaban J connectivity index is 0.947. The van der Waals surface area contributed by atoms with Crippen LogP contribution >= 0.6 is 0 Å². The molecule has 1 unspecified atom stereocenters. The van der Waals surface area contributed by atoms with Crippen molar-refractivity contribution in [2.45, 2.75) is 76.1 Å². The van der Waals surface area contributed by atoms with E-state index in [0.717, 1.165) is 55.9 Å². The summed E-state index contributed by atoms with van der Waals surface area (Å²) in [5, 5.41) is 3.54. The van der Waals surface area contributed by atoms with Crippen LogP contribution < -0.4 is 10.1 Å². The number of carbonyl (C=O) groups is 3. The minimum atomic E-state index is -0.612. The molecule has 0 bridgehead atoms. The Hall–Kier alpha value is -3.82. The fraction of sp³-hybridized carbons (Fsp3) is 0.486. The maximum Gasteiger partial charge on any atom is 0.255 e. The Morgan fingerprint density at radius 1 is 1.00 bits per heavy atom. The molecule has 4 heterocycles.